The van der Waals surface area contributed by atoms with E-state index in [1.54, 1.807) is 0 Å². The van der Waals surface area contributed by atoms with Gasteiger partial charge in [-0.3, -0.25) is 9.69 Å². The molecule has 0 bridgehead atoms. The summed E-state index contributed by atoms with van der Waals surface area (Å²) in [6.07, 6.45) is 1.80. The second kappa shape index (κ2) is 8.09. The lowest BCUT2D eigenvalue weighted by Crippen LogP contribution is -2.51. The molecule has 6 nitrogen and oxygen atoms in total. The van der Waals surface area contributed by atoms with Gasteiger partial charge in [0, 0.05) is 36.8 Å². The molecule has 1 aromatic heterocycles. The minimum atomic E-state index is -0.373. The van der Waals surface area contributed by atoms with Crippen LogP contribution < -0.4 is 0 Å². The van der Waals surface area contributed by atoms with Crippen LogP contribution in [0.3, 0.4) is 0 Å². The largest absolute Gasteiger partial charge is 0.339 e. The van der Waals surface area contributed by atoms with E-state index < -0.39 is 0 Å². The average Bonchev–Trinajstić information content (AvgIpc) is 3.47. The Labute approximate surface area is 186 Å². The smallest absolute Gasteiger partial charge is 0.241 e. The van der Waals surface area contributed by atoms with E-state index in [0.29, 0.717) is 36.4 Å². The lowest BCUT2D eigenvalue weighted by molar-refractivity contribution is -0.135. The van der Waals surface area contributed by atoms with Crippen LogP contribution in [0.1, 0.15) is 29.9 Å². The summed E-state index contributed by atoms with van der Waals surface area (Å²) in [7, 11) is 0. The third kappa shape index (κ3) is 4.10. The van der Waals surface area contributed by atoms with Crippen LogP contribution in [-0.4, -0.2) is 52.0 Å². The normalized spacial score (nSPS) is 18.2. The number of hydrogen-bond donors (Lipinski definition) is 0. The molecule has 0 radical (unpaired) electrons. The second-order valence-electron chi connectivity index (χ2n) is 8.54. The summed E-state index contributed by atoms with van der Waals surface area (Å²) in [5.74, 6) is 1.45. The van der Waals surface area contributed by atoms with Crippen molar-refractivity contribution in [1.29, 1.82) is 0 Å². The highest BCUT2D eigenvalue weighted by Crippen LogP contribution is 2.50. The first-order chi connectivity index (χ1) is 15.0. The third-order valence-corrected chi connectivity index (χ3v) is 6.57. The van der Waals surface area contributed by atoms with Gasteiger partial charge < -0.3 is 9.42 Å². The number of aryl methyl sites for hydroxylation is 1. The number of carbonyl (C=O) groups excluding carboxylic acids is 1. The van der Waals surface area contributed by atoms with Gasteiger partial charge in [-0.05, 0) is 37.5 Å². The van der Waals surface area contributed by atoms with Crippen molar-refractivity contribution in [2.75, 3.05) is 26.2 Å². The predicted octanol–water partition coefficient (Wildman–Crippen LogP) is 4.07. The number of rotatable bonds is 5. The molecule has 1 aliphatic carbocycles. The number of benzene rings is 2. The molecule has 1 aliphatic heterocycles. The monoisotopic (exact) mass is 436 g/mol. The number of carbonyl (C=O) groups is 1. The Balaban J connectivity index is 1.19. The van der Waals surface area contributed by atoms with Crippen molar-refractivity contribution >= 4 is 17.5 Å². The van der Waals surface area contributed by atoms with Gasteiger partial charge in [-0.25, -0.2) is 0 Å². The van der Waals surface area contributed by atoms with E-state index in [9.17, 15) is 4.79 Å². The molecule has 1 saturated carbocycles. The first kappa shape index (κ1) is 20.2. The van der Waals surface area contributed by atoms with E-state index in [1.807, 2.05) is 53.4 Å². The maximum Gasteiger partial charge on any atom is 0.241 e. The minimum Gasteiger partial charge on any atom is -0.339 e. The fourth-order valence-electron chi connectivity index (χ4n) is 4.28. The van der Waals surface area contributed by atoms with Crippen LogP contribution in [0.2, 0.25) is 5.02 Å². The molecule has 0 unspecified atom stereocenters. The molecule has 2 heterocycles. The van der Waals surface area contributed by atoms with Crippen molar-refractivity contribution in [1.82, 2.24) is 19.9 Å². The predicted molar refractivity (Wildman–Crippen MR) is 119 cm³/mol. The lowest BCUT2D eigenvalue weighted by Gasteiger charge is -2.36. The van der Waals surface area contributed by atoms with Gasteiger partial charge in [0.2, 0.25) is 17.6 Å². The Morgan fingerprint density at radius 2 is 1.84 bits per heavy atom. The number of nitrogens with zero attached hydrogens (tertiary/aromatic N) is 4. The molecular weight excluding hydrogens is 412 g/mol. The van der Waals surface area contributed by atoms with Crippen LogP contribution in [0.25, 0.3) is 11.4 Å². The summed E-state index contributed by atoms with van der Waals surface area (Å²) < 4.78 is 5.46. The molecule has 5 rings (SSSR count). The van der Waals surface area contributed by atoms with Gasteiger partial charge in [0.1, 0.15) is 0 Å². The Morgan fingerprint density at radius 1 is 1.10 bits per heavy atom. The first-order valence-corrected chi connectivity index (χ1v) is 11.1. The van der Waals surface area contributed by atoms with Crippen molar-refractivity contribution in [3.63, 3.8) is 0 Å². The lowest BCUT2D eigenvalue weighted by atomic mass is 9.94. The van der Waals surface area contributed by atoms with Gasteiger partial charge in [-0.15, -0.1) is 0 Å². The molecule has 7 heteroatoms. The van der Waals surface area contributed by atoms with Crippen LogP contribution in [0.4, 0.5) is 0 Å². The highest BCUT2D eigenvalue weighted by molar-refractivity contribution is 6.30. The van der Waals surface area contributed by atoms with Gasteiger partial charge in [-0.1, -0.05) is 58.7 Å². The third-order valence-electron chi connectivity index (χ3n) is 6.33. The van der Waals surface area contributed by atoms with Crippen LogP contribution in [0.15, 0.2) is 53.1 Å². The van der Waals surface area contributed by atoms with Gasteiger partial charge >= 0.3 is 0 Å². The average molecular weight is 437 g/mol. The van der Waals surface area contributed by atoms with E-state index in [2.05, 4.69) is 22.0 Å². The molecular formula is C24H25ClN4O2. The zero-order chi connectivity index (χ0) is 21.4. The van der Waals surface area contributed by atoms with E-state index in [0.717, 1.165) is 37.1 Å². The second-order valence-corrected chi connectivity index (χ2v) is 8.97. The van der Waals surface area contributed by atoms with Crippen LogP contribution in [-0.2, 0) is 16.8 Å². The number of amides is 1. The topological polar surface area (TPSA) is 62.5 Å². The molecule has 2 aliphatic rings. The van der Waals surface area contributed by atoms with E-state index in [4.69, 9.17) is 16.1 Å². The maximum atomic E-state index is 13.3. The number of piperazine rings is 1. The van der Waals surface area contributed by atoms with E-state index in [1.165, 1.54) is 5.56 Å². The van der Waals surface area contributed by atoms with Crippen molar-refractivity contribution in [2.45, 2.75) is 31.7 Å². The van der Waals surface area contributed by atoms with Crippen molar-refractivity contribution in [2.24, 2.45) is 0 Å². The first-order valence-electron chi connectivity index (χ1n) is 10.7. The highest BCUT2D eigenvalue weighted by Gasteiger charge is 2.53. The van der Waals surface area contributed by atoms with Crippen molar-refractivity contribution in [3.8, 4) is 11.4 Å². The van der Waals surface area contributed by atoms with Crippen molar-refractivity contribution < 1.29 is 9.32 Å². The standard InChI is InChI=1S/C24H25ClN4O2/c1-17-5-7-18(8-6-17)22-26-21(31-27-22)16-28-11-13-29(14-12-28)23(30)24(9-10-24)19-3-2-4-20(25)15-19/h2-8,15H,9-14,16H2,1H3. The van der Waals surface area contributed by atoms with Gasteiger partial charge in [0.15, 0.2) is 0 Å². The molecule has 160 valence electrons. The Kier molecular flexibility index (Phi) is 5.28. The quantitative estimate of drug-likeness (QED) is 0.603. The maximum absolute atomic E-state index is 13.3. The molecule has 2 aromatic carbocycles. The zero-order valence-electron chi connectivity index (χ0n) is 17.6. The summed E-state index contributed by atoms with van der Waals surface area (Å²) in [4.78, 5) is 22.1. The molecule has 1 amide bonds. The molecule has 0 atom stereocenters. The molecule has 0 spiro atoms. The fourth-order valence-corrected chi connectivity index (χ4v) is 4.47. The SMILES string of the molecule is Cc1ccc(-c2noc(CN3CCN(C(=O)C4(c5cccc(Cl)c5)CC4)CC3)n2)cc1. The van der Waals surface area contributed by atoms with E-state index in [-0.39, 0.29) is 11.3 Å². The Morgan fingerprint density at radius 3 is 2.52 bits per heavy atom. The van der Waals surface area contributed by atoms with Gasteiger partial charge in [-0.2, -0.15) is 4.98 Å². The van der Waals surface area contributed by atoms with Crippen LogP contribution in [0, 0.1) is 6.92 Å². The molecule has 3 aromatic rings. The Bertz CT molecular complexity index is 1080. The van der Waals surface area contributed by atoms with Crippen LogP contribution >= 0.6 is 11.6 Å². The van der Waals surface area contributed by atoms with Gasteiger partial charge in [0.25, 0.3) is 0 Å². The number of hydrogen-bond acceptors (Lipinski definition) is 5. The van der Waals surface area contributed by atoms with E-state index >= 15 is 0 Å². The van der Waals surface area contributed by atoms with Crippen molar-refractivity contribution in [3.05, 3.63) is 70.6 Å². The summed E-state index contributed by atoms with van der Waals surface area (Å²) in [5, 5.41) is 4.80. The molecule has 1 saturated heterocycles. The molecule has 0 N–H and O–H groups in total. The number of halogens is 1. The highest BCUT2D eigenvalue weighted by atomic mass is 35.5. The molecule has 2 fully saturated rings. The van der Waals surface area contributed by atoms with Crippen LogP contribution in [0.5, 0.6) is 0 Å². The van der Waals surface area contributed by atoms with Gasteiger partial charge in [0.05, 0.1) is 12.0 Å². The fraction of sp³-hybridized carbons (Fsp3) is 0.375. The summed E-state index contributed by atoms with van der Waals surface area (Å²) in [6, 6.07) is 15.8. The summed E-state index contributed by atoms with van der Waals surface area (Å²) >= 11 is 6.16. The zero-order valence-corrected chi connectivity index (χ0v) is 18.3. The summed E-state index contributed by atoms with van der Waals surface area (Å²) in [6.45, 7) is 5.65. The summed E-state index contributed by atoms with van der Waals surface area (Å²) in [5.41, 5.74) is 2.82. The Hall–Kier alpha value is -2.70. The molecule has 31 heavy (non-hydrogen) atoms. The number of aromatic nitrogens is 2. The minimum absolute atomic E-state index is 0.230.